The van der Waals surface area contributed by atoms with Gasteiger partial charge in [0, 0.05) is 6.42 Å². The molecule has 0 aliphatic carbocycles. The van der Waals surface area contributed by atoms with Crippen LogP contribution in [0.1, 0.15) is 16.7 Å². The SMILES string of the molecule is Cc1ccc2c(c1)COCC(=O)C2. The molecule has 0 amide bonds. The zero-order valence-electron chi connectivity index (χ0n) is 7.67. The molecule has 2 heteroatoms. The average molecular weight is 176 g/mol. The van der Waals surface area contributed by atoms with Gasteiger partial charge in [-0.1, -0.05) is 23.8 Å². The van der Waals surface area contributed by atoms with E-state index in [1.54, 1.807) is 0 Å². The lowest BCUT2D eigenvalue weighted by Crippen LogP contribution is -2.06. The molecule has 0 saturated heterocycles. The summed E-state index contributed by atoms with van der Waals surface area (Å²) in [5.41, 5.74) is 3.50. The fourth-order valence-electron chi connectivity index (χ4n) is 1.60. The molecule has 1 aromatic carbocycles. The zero-order valence-corrected chi connectivity index (χ0v) is 7.67. The van der Waals surface area contributed by atoms with Crippen LogP contribution < -0.4 is 0 Å². The standard InChI is InChI=1S/C11H12O2/c1-8-2-3-9-5-11(12)7-13-6-10(9)4-8/h2-4H,5-7H2,1H3. The third-order valence-corrected chi connectivity index (χ3v) is 2.27. The van der Waals surface area contributed by atoms with Crippen LogP contribution in [0.4, 0.5) is 0 Å². The monoisotopic (exact) mass is 176 g/mol. The van der Waals surface area contributed by atoms with Gasteiger partial charge in [-0.15, -0.1) is 0 Å². The molecule has 2 nitrogen and oxygen atoms in total. The summed E-state index contributed by atoms with van der Waals surface area (Å²) >= 11 is 0. The van der Waals surface area contributed by atoms with Gasteiger partial charge in [0.1, 0.15) is 6.61 Å². The molecule has 1 aromatic rings. The first-order chi connectivity index (χ1) is 6.25. The highest BCUT2D eigenvalue weighted by Gasteiger charge is 2.13. The van der Waals surface area contributed by atoms with E-state index in [4.69, 9.17) is 4.74 Å². The van der Waals surface area contributed by atoms with E-state index in [-0.39, 0.29) is 12.4 Å². The number of carbonyl (C=O) groups excluding carboxylic acids is 1. The van der Waals surface area contributed by atoms with Gasteiger partial charge >= 0.3 is 0 Å². The van der Waals surface area contributed by atoms with Crippen molar-refractivity contribution in [1.82, 2.24) is 0 Å². The minimum atomic E-state index is 0.169. The van der Waals surface area contributed by atoms with Gasteiger partial charge in [-0.25, -0.2) is 0 Å². The molecule has 1 heterocycles. The Morgan fingerprint density at radius 3 is 2.92 bits per heavy atom. The first-order valence-corrected chi connectivity index (χ1v) is 4.43. The van der Waals surface area contributed by atoms with E-state index < -0.39 is 0 Å². The van der Waals surface area contributed by atoms with Crippen molar-refractivity contribution in [1.29, 1.82) is 0 Å². The number of ether oxygens (including phenoxy) is 1. The number of carbonyl (C=O) groups is 1. The number of rotatable bonds is 0. The summed E-state index contributed by atoms with van der Waals surface area (Å²) in [4.78, 5) is 11.2. The lowest BCUT2D eigenvalue weighted by molar-refractivity contribution is -0.122. The molecule has 0 fully saturated rings. The highest BCUT2D eigenvalue weighted by molar-refractivity contribution is 5.82. The van der Waals surface area contributed by atoms with E-state index in [0.717, 1.165) is 11.1 Å². The van der Waals surface area contributed by atoms with E-state index >= 15 is 0 Å². The summed E-state index contributed by atoms with van der Waals surface area (Å²) < 4.78 is 5.24. The molecule has 68 valence electrons. The van der Waals surface area contributed by atoms with Crippen molar-refractivity contribution >= 4 is 5.78 Å². The number of benzene rings is 1. The van der Waals surface area contributed by atoms with Gasteiger partial charge in [-0.3, -0.25) is 4.79 Å². The Hall–Kier alpha value is -1.15. The zero-order chi connectivity index (χ0) is 9.26. The summed E-state index contributed by atoms with van der Waals surface area (Å²) in [5.74, 6) is 0.169. The predicted molar refractivity (Wildman–Crippen MR) is 49.5 cm³/mol. The van der Waals surface area contributed by atoms with Crippen molar-refractivity contribution in [2.24, 2.45) is 0 Å². The first-order valence-electron chi connectivity index (χ1n) is 4.43. The highest BCUT2D eigenvalue weighted by Crippen LogP contribution is 2.16. The third kappa shape index (κ3) is 1.78. The maximum absolute atomic E-state index is 11.2. The minimum absolute atomic E-state index is 0.169. The molecule has 0 radical (unpaired) electrons. The summed E-state index contributed by atoms with van der Waals surface area (Å²) in [6.07, 6.45) is 0.523. The number of aryl methyl sites for hydroxylation is 1. The van der Waals surface area contributed by atoms with Crippen molar-refractivity contribution in [2.45, 2.75) is 20.0 Å². The number of fused-ring (bicyclic) bond motifs is 1. The van der Waals surface area contributed by atoms with Crippen LogP contribution >= 0.6 is 0 Å². The average Bonchev–Trinajstić information content (AvgIpc) is 2.25. The number of ketones is 1. The molecule has 0 saturated carbocycles. The number of hydrogen-bond acceptors (Lipinski definition) is 2. The molecule has 0 atom stereocenters. The van der Waals surface area contributed by atoms with Gasteiger partial charge in [-0.2, -0.15) is 0 Å². The lowest BCUT2D eigenvalue weighted by Gasteiger charge is -2.04. The van der Waals surface area contributed by atoms with Crippen molar-refractivity contribution in [3.8, 4) is 0 Å². The van der Waals surface area contributed by atoms with E-state index in [2.05, 4.69) is 6.07 Å². The largest absolute Gasteiger partial charge is 0.369 e. The quantitative estimate of drug-likeness (QED) is 0.600. The van der Waals surface area contributed by atoms with E-state index in [9.17, 15) is 4.79 Å². The van der Waals surface area contributed by atoms with E-state index in [0.29, 0.717) is 13.0 Å². The second-order valence-corrected chi connectivity index (χ2v) is 3.48. The fourth-order valence-corrected chi connectivity index (χ4v) is 1.60. The van der Waals surface area contributed by atoms with Crippen LogP contribution in [0, 0.1) is 6.92 Å². The normalized spacial score (nSPS) is 16.5. The molecule has 13 heavy (non-hydrogen) atoms. The van der Waals surface area contributed by atoms with E-state index in [1.807, 2.05) is 19.1 Å². The van der Waals surface area contributed by atoms with Crippen molar-refractivity contribution in [2.75, 3.05) is 6.61 Å². The Bertz CT molecular complexity index is 342. The van der Waals surface area contributed by atoms with Crippen molar-refractivity contribution in [3.05, 3.63) is 34.9 Å². The molecule has 1 aliphatic rings. The molecule has 0 bridgehead atoms. The molecule has 0 N–H and O–H groups in total. The van der Waals surface area contributed by atoms with E-state index in [1.165, 1.54) is 5.56 Å². The van der Waals surface area contributed by atoms with Crippen LogP contribution in [0.25, 0.3) is 0 Å². The van der Waals surface area contributed by atoms with Crippen LogP contribution in [-0.4, -0.2) is 12.4 Å². The first kappa shape index (κ1) is 8.45. The summed E-state index contributed by atoms with van der Waals surface area (Å²) in [7, 11) is 0. The third-order valence-electron chi connectivity index (χ3n) is 2.27. The van der Waals surface area contributed by atoms with Gasteiger partial charge < -0.3 is 4.74 Å². The Morgan fingerprint density at radius 2 is 2.08 bits per heavy atom. The molecule has 0 unspecified atom stereocenters. The summed E-state index contributed by atoms with van der Waals surface area (Å²) in [6, 6.07) is 6.16. The van der Waals surface area contributed by atoms with Gasteiger partial charge in [-0.05, 0) is 18.1 Å². The van der Waals surface area contributed by atoms with Crippen LogP contribution in [0.15, 0.2) is 18.2 Å². The topological polar surface area (TPSA) is 26.3 Å². The van der Waals surface area contributed by atoms with Gasteiger partial charge in [0.25, 0.3) is 0 Å². The molecule has 2 rings (SSSR count). The second kappa shape index (κ2) is 3.30. The molecule has 0 aromatic heterocycles. The smallest absolute Gasteiger partial charge is 0.162 e. The Morgan fingerprint density at radius 1 is 1.23 bits per heavy atom. The Balaban J connectivity index is 2.40. The minimum Gasteiger partial charge on any atom is -0.369 e. The van der Waals surface area contributed by atoms with Crippen LogP contribution in [0.3, 0.4) is 0 Å². The molecule has 0 spiro atoms. The second-order valence-electron chi connectivity index (χ2n) is 3.48. The highest BCUT2D eigenvalue weighted by atomic mass is 16.5. The Labute approximate surface area is 77.5 Å². The van der Waals surface area contributed by atoms with Crippen LogP contribution in [-0.2, 0) is 22.6 Å². The Kier molecular flexibility index (Phi) is 2.15. The van der Waals surface area contributed by atoms with Gasteiger partial charge in [0.05, 0.1) is 6.61 Å². The maximum atomic E-state index is 11.2. The number of hydrogen-bond donors (Lipinski definition) is 0. The summed E-state index contributed by atoms with van der Waals surface area (Å²) in [5, 5.41) is 0. The lowest BCUT2D eigenvalue weighted by atomic mass is 10.0. The molecular weight excluding hydrogens is 164 g/mol. The molecule has 1 aliphatic heterocycles. The van der Waals surface area contributed by atoms with Gasteiger partial charge in [0.15, 0.2) is 5.78 Å². The fraction of sp³-hybridized carbons (Fsp3) is 0.364. The molecular formula is C11H12O2. The van der Waals surface area contributed by atoms with Crippen LogP contribution in [0.2, 0.25) is 0 Å². The summed E-state index contributed by atoms with van der Waals surface area (Å²) in [6.45, 7) is 2.88. The van der Waals surface area contributed by atoms with Crippen molar-refractivity contribution < 1.29 is 9.53 Å². The van der Waals surface area contributed by atoms with Crippen molar-refractivity contribution in [3.63, 3.8) is 0 Å². The van der Waals surface area contributed by atoms with Crippen LogP contribution in [0.5, 0.6) is 0 Å². The number of Topliss-reactive ketones (excluding diaryl/α,β-unsaturated/α-hetero) is 1. The maximum Gasteiger partial charge on any atom is 0.162 e. The predicted octanol–water partition coefficient (Wildman–Crippen LogP) is 1.64. The van der Waals surface area contributed by atoms with Gasteiger partial charge in [0.2, 0.25) is 0 Å².